The average molecular weight is 440 g/mol. The maximum absolute atomic E-state index is 13.3. The molecule has 176 valence electrons. The van der Waals surface area contributed by atoms with E-state index < -0.39 is 0 Å². The number of pyridine rings is 1. The normalized spacial score (nSPS) is 23.2. The van der Waals surface area contributed by atoms with Gasteiger partial charge in [-0.1, -0.05) is 40.7 Å². The van der Waals surface area contributed by atoms with Gasteiger partial charge >= 0.3 is 0 Å². The van der Waals surface area contributed by atoms with Crippen LogP contribution in [-0.4, -0.2) is 61.3 Å². The third-order valence-corrected chi connectivity index (χ3v) is 8.91. The second-order valence-electron chi connectivity index (χ2n) is 9.54. The summed E-state index contributed by atoms with van der Waals surface area (Å²) in [5.74, 6) is 0.674. The molecule has 1 N–H and O–H groups in total. The number of aromatic nitrogens is 3. The van der Waals surface area contributed by atoms with Crippen LogP contribution in [0.2, 0.25) is 0 Å². The lowest BCUT2D eigenvalue weighted by molar-refractivity contribution is -0.144. The Bertz CT molecular complexity index is 954. The molecule has 0 amide bonds. The van der Waals surface area contributed by atoms with E-state index in [1.165, 1.54) is 12.8 Å². The zero-order chi connectivity index (χ0) is 22.9. The van der Waals surface area contributed by atoms with Crippen LogP contribution in [0.5, 0.6) is 0 Å². The van der Waals surface area contributed by atoms with Crippen molar-refractivity contribution in [1.82, 2.24) is 24.6 Å². The van der Waals surface area contributed by atoms with Crippen molar-refractivity contribution in [3.63, 3.8) is 0 Å². The molecule has 2 aromatic heterocycles. The van der Waals surface area contributed by atoms with E-state index in [-0.39, 0.29) is 16.6 Å². The summed E-state index contributed by atoms with van der Waals surface area (Å²) in [6.45, 7) is 15.2. The molecule has 1 saturated heterocycles. The Morgan fingerprint density at radius 1 is 1.03 bits per heavy atom. The number of H-pyrrole nitrogens is 1. The van der Waals surface area contributed by atoms with Gasteiger partial charge in [0.15, 0.2) is 5.82 Å². The van der Waals surface area contributed by atoms with Crippen LogP contribution in [0.1, 0.15) is 78.0 Å². The van der Waals surface area contributed by atoms with Crippen LogP contribution in [-0.2, 0) is 12.8 Å². The number of hydrogen-bond acceptors (Lipinski definition) is 4. The summed E-state index contributed by atoms with van der Waals surface area (Å²) in [5.41, 5.74) is 2.47. The highest BCUT2D eigenvalue weighted by Crippen LogP contribution is 2.48. The maximum Gasteiger partial charge on any atom is 0.276 e. The molecule has 1 unspecified atom stereocenters. The van der Waals surface area contributed by atoms with E-state index in [0.717, 1.165) is 63.0 Å². The van der Waals surface area contributed by atoms with E-state index in [4.69, 9.17) is 0 Å². The first-order valence-corrected chi connectivity index (χ1v) is 12.8. The van der Waals surface area contributed by atoms with Crippen molar-refractivity contribution in [3.8, 4) is 5.82 Å². The predicted octanol–water partition coefficient (Wildman–Crippen LogP) is 4.17. The molecule has 2 aliphatic rings. The minimum absolute atomic E-state index is 0.0754. The molecular formula is C26H41N5O. The number of piperazine rings is 1. The maximum atomic E-state index is 13.3. The summed E-state index contributed by atoms with van der Waals surface area (Å²) < 4.78 is 1.64. The van der Waals surface area contributed by atoms with E-state index in [1.807, 2.05) is 18.2 Å². The third kappa shape index (κ3) is 3.29. The number of aromatic amines is 1. The van der Waals surface area contributed by atoms with Crippen LogP contribution in [0, 0.1) is 0 Å². The van der Waals surface area contributed by atoms with Gasteiger partial charge in [0.1, 0.15) is 0 Å². The molecule has 0 spiro atoms. The molecule has 0 saturated carbocycles. The Morgan fingerprint density at radius 3 is 2.34 bits per heavy atom. The standard InChI is InChI=1S/C26H41N5O/c1-6-25(7-2)26(8-3,9-4)30(18-17-29(25)10-5)20-14-15-22-21(19-20)24(32)31(28-22)23-13-11-12-16-27-23/h11-13,16,20,28H,6-10,14-15,17-19H2,1-5H3. The van der Waals surface area contributed by atoms with Gasteiger partial charge in [-0.25, -0.2) is 9.67 Å². The fourth-order valence-electron chi connectivity index (χ4n) is 7.38. The molecule has 1 aliphatic heterocycles. The lowest BCUT2D eigenvalue weighted by atomic mass is 9.64. The zero-order valence-corrected chi connectivity index (χ0v) is 20.7. The van der Waals surface area contributed by atoms with Gasteiger partial charge in [0.2, 0.25) is 0 Å². The molecule has 0 bridgehead atoms. The fourth-order valence-corrected chi connectivity index (χ4v) is 7.38. The molecule has 1 fully saturated rings. The number of nitrogens with zero attached hydrogens (tertiary/aromatic N) is 4. The minimum atomic E-state index is 0.0754. The van der Waals surface area contributed by atoms with Gasteiger partial charge in [-0.05, 0) is 63.6 Å². The summed E-state index contributed by atoms with van der Waals surface area (Å²) >= 11 is 0. The summed E-state index contributed by atoms with van der Waals surface area (Å²) in [4.78, 5) is 23.3. The van der Waals surface area contributed by atoms with E-state index in [1.54, 1.807) is 10.9 Å². The van der Waals surface area contributed by atoms with E-state index in [0.29, 0.717) is 11.9 Å². The molecule has 3 heterocycles. The topological polar surface area (TPSA) is 57.2 Å². The summed E-state index contributed by atoms with van der Waals surface area (Å²) in [7, 11) is 0. The van der Waals surface area contributed by atoms with Crippen LogP contribution in [0.15, 0.2) is 29.2 Å². The lowest BCUT2D eigenvalue weighted by Crippen LogP contribution is -2.76. The minimum Gasteiger partial charge on any atom is -0.295 e. The summed E-state index contributed by atoms with van der Waals surface area (Å²) in [6.07, 6.45) is 9.25. The van der Waals surface area contributed by atoms with E-state index in [2.05, 4.69) is 54.5 Å². The van der Waals surface area contributed by atoms with Crippen LogP contribution < -0.4 is 5.56 Å². The summed E-state index contributed by atoms with van der Waals surface area (Å²) in [6, 6.07) is 6.11. The van der Waals surface area contributed by atoms with Gasteiger partial charge in [0.25, 0.3) is 5.56 Å². The number of likely N-dealkylation sites (N-methyl/N-ethyl adjacent to an activating group) is 1. The number of hydrogen-bond donors (Lipinski definition) is 1. The first-order chi connectivity index (χ1) is 15.5. The van der Waals surface area contributed by atoms with Crippen molar-refractivity contribution in [1.29, 1.82) is 0 Å². The molecule has 0 aromatic carbocycles. The molecule has 0 radical (unpaired) electrons. The second kappa shape index (κ2) is 9.14. The molecule has 4 rings (SSSR count). The van der Waals surface area contributed by atoms with Crippen LogP contribution >= 0.6 is 0 Å². The van der Waals surface area contributed by atoms with Crippen LogP contribution in [0.3, 0.4) is 0 Å². The summed E-state index contributed by atoms with van der Waals surface area (Å²) in [5, 5.41) is 3.36. The van der Waals surface area contributed by atoms with Gasteiger partial charge in [-0.2, -0.15) is 0 Å². The number of fused-ring (bicyclic) bond motifs is 1. The van der Waals surface area contributed by atoms with Gasteiger partial charge in [0.05, 0.1) is 0 Å². The monoisotopic (exact) mass is 439 g/mol. The quantitative estimate of drug-likeness (QED) is 0.703. The SMILES string of the molecule is CCN1CCN(C2CCc3[nH]n(-c4ccccn4)c(=O)c3C2)C(CC)(CC)C1(CC)CC. The van der Waals surface area contributed by atoms with Crippen molar-refractivity contribution in [3.05, 3.63) is 46.0 Å². The molecule has 1 aliphatic carbocycles. The largest absolute Gasteiger partial charge is 0.295 e. The lowest BCUT2D eigenvalue weighted by Gasteiger charge is -2.65. The molecule has 6 heteroatoms. The third-order valence-electron chi connectivity index (χ3n) is 8.91. The first-order valence-electron chi connectivity index (χ1n) is 12.8. The van der Waals surface area contributed by atoms with Gasteiger partial charge < -0.3 is 0 Å². The average Bonchev–Trinajstić information content (AvgIpc) is 3.18. The zero-order valence-electron chi connectivity index (χ0n) is 20.7. The van der Waals surface area contributed by atoms with Crippen LogP contribution in [0.25, 0.3) is 5.82 Å². The van der Waals surface area contributed by atoms with Crippen LogP contribution in [0.4, 0.5) is 0 Å². The Morgan fingerprint density at radius 2 is 1.75 bits per heavy atom. The number of rotatable bonds is 7. The molecule has 32 heavy (non-hydrogen) atoms. The first kappa shape index (κ1) is 23.2. The molecule has 2 aromatic rings. The Kier molecular flexibility index (Phi) is 6.64. The Hall–Kier alpha value is -1.92. The van der Waals surface area contributed by atoms with Gasteiger partial charge in [0, 0.05) is 47.7 Å². The highest BCUT2D eigenvalue weighted by atomic mass is 16.1. The van der Waals surface area contributed by atoms with E-state index in [9.17, 15) is 4.79 Å². The van der Waals surface area contributed by atoms with Crippen molar-refractivity contribution in [2.24, 2.45) is 0 Å². The highest BCUT2D eigenvalue weighted by Gasteiger charge is 2.57. The van der Waals surface area contributed by atoms with Gasteiger partial charge in [-0.15, -0.1) is 0 Å². The van der Waals surface area contributed by atoms with Crippen molar-refractivity contribution in [2.45, 2.75) is 96.7 Å². The van der Waals surface area contributed by atoms with Crippen molar-refractivity contribution >= 4 is 0 Å². The second-order valence-corrected chi connectivity index (χ2v) is 9.54. The van der Waals surface area contributed by atoms with Crippen molar-refractivity contribution < 1.29 is 0 Å². The van der Waals surface area contributed by atoms with Gasteiger partial charge in [-0.3, -0.25) is 19.7 Å². The number of nitrogens with one attached hydrogen (secondary N) is 1. The molecule has 1 atom stereocenters. The predicted molar refractivity (Wildman–Crippen MR) is 131 cm³/mol. The smallest absolute Gasteiger partial charge is 0.276 e. The molecular weight excluding hydrogens is 398 g/mol. The Balaban J connectivity index is 1.71. The fraction of sp³-hybridized carbons (Fsp3) is 0.692. The number of aryl methyl sites for hydroxylation is 1. The highest BCUT2D eigenvalue weighted by molar-refractivity contribution is 5.29. The van der Waals surface area contributed by atoms with E-state index >= 15 is 0 Å². The molecule has 6 nitrogen and oxygen atoms in total. The van der Waals surface area contributed by atoms with Crippen molar-refractivity contribution in [2.75, 3.05) is 19.6 Å². The Labute approximate surface area is 193 Å².